The number of benzene rings is 2. The number of halogens is 2. The molecule has 27 heavy (non-hydrogen) atoms. The number of rotatable bonds is 3. The van der Waals surface area contributed by atoms with Gasteiger partial charge in [-0.25, -0.2) is 4.98 Å². The number of thiocarbonyl (C=S) groups is 1. The van der Waals surface area contributed by atoms with Crippen LogP contribution in [0.3, 0.4) is 0 Å². The number of methoxy groups -OCH3 is 1. The summed E-state index contributed by atoms with van der Waals surface area (Å²) in [6, 6.07) is 7.07. The molecule has 0 saturated carbocycles. The van der Waals surface area contributed by atoms with Crippen molar-refractivity contribution in [3.8, 4) is 5.75 Å². The highest BCUT2D eigenvalue weighted by atomic mass is 35.5. The monoisotopic (exact) mass is 439 g/mol. The molecule has 0 radical (unpaired) electrons. The molecule has 0 spiro atoms. The summed E-state index contributed by atoms with van der Waals surface area (Å²) in [5.41, 5.74) is 3.44. The molecule has 2 N–H and O–H groups in total. The number of fused-ring (bicyclic) bond motifs is 1. The zero-order valence-corrected chi connectivity index (χ0v) is 17.8. The van der Waals surface area contributed by atoms with Gasteiger partial charge in [0, 0.05) is 5.56 Å². The van der Waals surface area contributed by atoms with Gasteiger partial charge in [0.1, 0.15) is 0 Å². The van der Waals surface area contributed by atoms with E-state index in [1.54, 1.807) is 0 Å². The van der Waals surface area contributed by atoms with Crippen molar-refractivity contribution in [2.75, 3.05) is 12.4 Å². The largest absolute Gasteiger partial charge is 0.494 e. The fourth-order valence-electron chi connectivity index (χ4n) is 2.61. The predicted octanol–water partition coefficient (Wildman–Crippen LogP) is 5.36. The van der Waals surface area contributed by atoms with E-state index in [4.69, 9.17) is 40.2 Å². The molecular weight excluding hydrogens is 425 g/mol. The minimum atomic E-state index is -0.438. The lowest BCUT2D eigenvalue weighted by molar-refractivity contribution is 0.0977. The van der Waals surface area contributed by atoms with E-state index >= 15 is 0 Å². The molecule has 0 atom stereocenters. The molecule has 2 aromatic carbocycles. The normalized spacial score (nSPS) is 10.7. The zero-order chi connectivity index (χ0) is 19.7. The number of hydrogen-bond donors (Lipinski definition) is 2. The number of thiazole rings is 1. The van der Waals surface area contributed by atoms with Crippen LogP contribution in [0.25, 0.3) is 10.2 Å². The van der Waals surface area contributed by atoms with E-state index in [1.807, 2.05) is 13.8 Å². The first-order chi connectivity index (χ1) is 12.8. The molecule has 1 amide bonds. The van der Waals surface area contributed by atoms with E-state index in [0.29, 0.717) is 10.9 Å². The van der Waals surface area contributed by atoms with Crippen LogP contribution >= 0.6 is 46.8 Å². The van der Waals surface area contributed by atoms with E-state index in [1.165, 1.54) is 36.1 Å². The molecule has 0 aliphatic carbocycles. The Bertz CT molecular complexity index is 1040. The van der Waals surface area contributed by atoms with Gasteiger partial charge in [-0.05, 0) is 55.4 Å². The maximum absolute atomic E-state index is 12.4. The van der Waals surface area contributed by atoms with Crippen LogP contribution in [0, 0.1) is 13.8 Å². The summed E-state index contributed by atoms with van der Waals surface area (Å²) in [7, 11) is 1.45. The van der Waals surface area contributed by atoms with Gasteiger partial charge in [-0.2, -0.15) is 0 Å². The fraction of sp³-hybridized carbons (Fsp3) is 0.167. The molecule has 0 fully saturated rings. The van der Waals surface area contributed by atoms with Gasteiger partial charge in [0.15, 0.2) is 16.0 Å². The topological polar surface area (TPSA) is 63.2 Å². The van der Waals surface area contributed by atoms with Crippen LogP contribution in [0.2, 0.25) is 10.0 Å². The summed E-state index contributed by atoms with van der Waals surface area (Å²) >= 11 is 18.8. The Balaban J connectivity index is 1.74. The third-order valence-electron chi connectivity index (χ3n) is 3.74. The van der Waals surface area contributed by atoms with Crippen LogP contribution in [-0.2, 0) is 0 Å². The Labute approximate surface area is 175 Å². The maximum atomic E-state index is 12.4. The molecule has 1 heterocycles. The van der Waals surface area contributed by atoms with Crippen LogP contribution < -0.4 is 15.4 Å². The van der Waals surface area contributed by atoms with Gasteiger partial charge in [-0.3, -0.25) is 10.1 Å². The van der Waals surface area contributed by atoms with Gasteiger partial charge in [-0.15, -0.1) is 0 Å². The van der Waals surface area contributed by atoms with E-state index in [0.717, 1.165) is 15.8 Å². The lowest BCUT2D eigenvalue weighted by Crippen LogP contribution is -2.34. The van der Waals surface area contributed by atoms with Crippen molar-refractivity contribution in [3.05, 3.63) is 51.0 Å². The summed E-state index contributed by atoms with van der Waals surface area (Å²) in [4.78, 5) is 16.9. The van der Waals surface area contributed by atoms with Crippen LogP contribution in [-0.4, -0.2) is 23.1 Å². The van der Waals surface area contributed by atoms with Gasteiger partial charge in [0.25, 0.3) is 5.91 Å². The Hall–Kier alpha value is -1.93. The number of ether oxygens (including phenoxy) is 1. The number of carbonyl (C=O) groups excluding carboxylic acids is 1. The van der Waals surface area contributed by atoms with Crippen molar-refractivity contribution in [2.45, 2.75) is 13.8 Å². The smallest absolute Gasteiger partial charge is 0.257 e. The third-order valence-corrected chi connectivity index (χ3v) is 5.43. The second kappa shape index (κ2) is 7.98. The molecule has 0 unspecified atom stereocenters. The van der Waals surface area contributed by atoms with Gasteiger partial charge in [0.2, 0.25) is 0 Å². The van der Waals surface area contributed by atoms with Crippen LogP contribution in [0.5, 0.6) is 5.75 Å². The SMILES string of the molecule is COc1c(Cl)cc(C(=O)NC(=S)Nc2nc3c(C)cc(C)cc3s2)cc1Cl. The van der Waals surface area contributed by atoms with Crippen molar-refractivity contribution in [3.63, 3.8) is 0 Å². The molecule has 3 rings (SSSR count). The number of hydrogen-bond acceptors (Lipinski definition) is 5. The van der Waals surface area contributed by atoms with Crippen molar-refractivity contribution >= 4 is 73.1 Å². The highest BCUT2D eigenvalue weighted by Gasteiger charge is 2.15. The first kappa shape index (κ1) is 19.8. The summed E-state index contributed by atoms with van der Waals surface area (Å²) in [5.74, 6) is -0.122. The minimum Gasteiger partial charge on any atom is -0.494 e. The molecular formula is C18H15Cl2N3O2S2. The molecule has 0 aliphatic rings. The zero-order valence-electron chi connectivity index (χ0n) is 14.6. The highest BCUT2D eigenvalue weighted by Crippen LogP contribution is 2.34. The molecule has 9 heteroatoms. The second-order valence-electron chi connectivity index (χ2n) is 5.83. The predicted molar refractivity (Wildman–Crippen MR) is 116 cm³/mol. The number of nitrogens with one attached hydrogen (secondary N) is 2. The van der Waals surface area contributed by atoms with Crippen molar-refractivity contribution in [1.29, 1.82) is 0 Å². The average Bonchev–Trinajstić information content (AvgIpc) is 2.96. The van der Waals surface area contributed by atoms with Gasteiger partial charge in [-0.1, -0.05) is 40.6 Å². The van der Waals surface area contributed by atoms with Crippen molar-refractivity contribution in [1.82, 2.24) is 10.3 Å². The van der Waals surface area contributed by atoms with Gasteiger partial charge >= 0.3 is 0 Å². The van der Waals surface area contributed by atoms with Crippen molar-refractivity contribution in [2.24, 2.45) is 0 Å². The van der Waals surface area contributed by atoms with E-state index in [9.17, 15) is 4.79 Å². The third kappa shape index (κ3) is 4.32. The van der Waals surface area contributed by atoms with Crippen LogP contribution in [0.15, 0.2) is 24.3 Å². The lowest BCUT2D eigenvalue weighted by atomic mass is 10.1. The fourth-order valence-corrected chi connectivity index (χ4v) is 4.56. The molecule has 0 saturated heterocycles. The van der Waals surface area contributed by atoms with Gasteiger partial charge in [0.05, 0.1) is 27.4 Å². The van der Waals surface area contributed by atoms with Crippen LogP contribution in [0.4, 0.5) is 5.13 Å². The molecule has 0 aliphatic heterocycles. The first-order valence-corrected chi connectivity index (χ1v) is 9.79. The molecule has 3 aromatic rings. The summed E-state index contributed by atoms with van der Waals surface area (Å²) < 4.78 is 6.13. The molecule has 5 nitrogen and oxygen atoms in total. The number of amides is 1. The summed E-state index contributed by atoms with van der Waals surface area (Å²) in [5, 5.41) is 6.77. The lowest BCUT2D eigenvalue weighted by Gasteiger charge is -2.10. The quantitative estimate of drug-likeness (QED) is 0.538. The second-order valence-corrected chi connectivity index (χ2v) is 8.08. The molecule has 1 aromatic heterocycles. The van der Waals surface area contributed by atoms with E-state index in [2.05, 4.69) is 27.8 Å². The Morgan fingerprint density at radius 2 is 1.85 bits per heavy atom. The standard InChI is InChI=1S/C18H15Cl2N3O2S2/c1-8-4-9(2)14-13(5-8)27-18(21-14)23-17(26)22-16(24)10-6-11(19)15(25-3)12(20)7-10/h4-7H,1-3H3,(H2,21,22,23,24,26). The average molecular weight is 440 g/mol. The summed E-state index contributed by atoms with van der Waals surface area (Å²) in [6.45, 7) is 4.05. The summed E-state index contributed by atoms with van der Waals surface area (Å²) in [6.07, 6.45) is 0. The van der Waals surface area contributed by atoms with Crippen molar-refractivity contribution < 1.29 is 9.53 Å². The Kier molecular flexibility index (Phi) is 5.86. The number of aromatic nitrogens is 1. The van der Waals surface area contributed by atoms with E-state index < -0.39 is 5.91 Å². The highest BCUT2D eigenvalue weighted by molar-refractivity contribution is 7.80. The Morgan fingerprint density at radius 1 is 1.19 bits per heavy atom. The first-order valence-electron chi connectivity index (χ1n) is 7.81. The number of anilines is 1. The number of carbonyl (C=O) groups is 1. The Morgan fingerprint density at radius 3 is 2.48 bits per heavy atom. The maximum Gasteiger partial charge on any atom is 0.257 e. The van der Waals surface area contributed by atoms with E-state index in [-0.39, 0.29) is 20.7 Å². The minimum absolute atomic E-state index is 0.136. The molecule has 140 valence electrons. The number of nitrogens with zero attached hydrogens (tertiary/aromatic N) is 1. The van der Waals surface area contributed by atoms with Crippen LogP contribution in [0.1, 0.15) is 21.5 Å². The molecule has 0 bridgehead atoms. The number of aryl methyl sites for hydroxylation is 2. The van der Waals surface area contributed by atoms with Gasteiger partial charge < -0.3 is 10.1 Å².